The largest absolute Gasteiger partial charge is 0.366 e. The van der Waals surface area contributed by atoms with Crippen LogP contribution >= 0.6 is 0 Å². The van der Waals surface area contributed by atoms with E-state index in [1.165, 1.54) is 0 Å². The first-order valence-electron chi connectivity index (χ1n) is 4.30. The van der Waals surface area contributed by atoms with Crippen LogP contribution in [0.4, 0.5) is 10.2 Å². The van der Waals surface area contributed by atoms with Crippen LogP contribution in [0.2, 0.25) is 0 Å². The molecule has 0 aliphatic heterocycles. The van der Waals surface area contributed by atoms with Gasteiger partial charge >= 0.3 is 0 Å². The molecule has 0 bridgehead atoms. The van der Waals surface area contributed by atoms with Crippen LogP contribution in [0.3, 0.4) is 0 Å². The Kier molecular flexibility index (Phi) is 2.26. The molecule has 0 amide bonds. The molecule has 0 spiro atoms. The molecule has 0 radical (unpaired) electrons. The van der Waals surface area contributed by atoms with Crippen molar-refractivity contribution in [1.82, 2.24) is 19.8 Å². The van der Waals surface area contributed by atoms with Crippen LogP contribution in [0.15, 0.2) is 12.1 Å². The Labute approximate surface area is 80.0 Å². The molecule has 0 aliphatic rings. The molecule has 0 aliphatic carbocycles. The Hall–Kier alpha value is -1.72. The van der Waals surface area contributed by atoms with E-state index in [0.29, 0.717) is 17.3 Å². The number of fused-ring (bicyclic) bond motifs is 1. The maximum Gasteiger partial charge on any atom is 0.178 e. The Balaban J connectivity index is 2.34. The minimum atomic E-state index is -0.416. The van der Waals surface area contributed by atoms with Crippen LogP contribution in [-0.2, 0) is 0 Å². The summed E-state index contributed by atoms with van der Waals surface area (Å²) < 4.78 is 13.5. The van der Waals surface area contributed by atoms with Crippen LogP contribution in [0, 0.1) is 6.92 Å². The number of hydrogen-bond donors (Lipinski definition) is 1. The fourth-order valence-corrected chi connectivity index (χ4v) is 1.17. The molecule has 0 atom stereocenters. The molecule has 0 aromatic carbocycles. The third-order valence-electron chi connectivity index (χ3n) is 1.82. The predicted octanol–water partition coefficient (Wildman–Crippen LogP) is 0.814. The Morgan fingerprint density at radius 2 is 2.29 bits per heavy atom. The maximum absolute atomic E-state index is 11.9. The second kappa shape index (κ2) is 3.57. The number of anilines is 1. The van der Waals surface area contributed by atoms with Gasteiger partial charge < -0.3 is 5.32 Å². The second-order valence-corrected chi connectivity index (χ2v) is 2.85. The number of alkyl halides is 1. The van der Waals surface area contributed by atoms with Gasteiger partial charge in [0.2, 0.25) is 0 Å². The van der Waals surface area contributed by atoms with E-state index in [-0.39, 0.29) is 6.54 Å². The summed E-state index contributed by atoms with van der Waals surface area (Å²) in [5, 5.41) is 14.8. The molecule has 0 unspecified atom stereocenters. The molecule has 6 heteroatoms. The fourth-order valence-electron chi connectivity index (χ4n) is 1.17. The lowest BCUT2D eigenvalue weighted by Crippen LogP contribution is -2.07. The topological polar surface area (TPSA) is 55.1 Å². The van der Waals surface area contributed by atoms with Gasteiger partial charge in [-0.05, 0) is 19.1 Å². The van der Waals surface area contributed by atoms with Crippen LogP contribution in [0.5, 0.6) is 0 Å². The van der Waals surface area contributed by atoms with Crippen molar-refractivity contribution >= 4 is 11.5 Å². The standard InChI is InChI=1S/C8H10FN5/c1-6-11-12-8-3-2-7(10-5-4-9)13-14(6)8/h2-3H,4-5H2,1H3,(H,10,13). The van der Waals surface area contributed by atoms with Crippen molar-refractivity contribution in [3.63, 3.8) is 0 Å². The van der Waals surface area contributed by atoms with Crippen molar-refractivity contribution in [3.8, 4) is 0 Å². The second-order valence-electron chi connectivity index (χ2n) is 2.85. The summed E-state index contributed by atoms with van der Waals surface area (Å²) in [5.74, 6) is 1.34. The van der Waals surface area contributed by atoms with E-state index < -0.39 is 6.67 Å². The molecule has 5 nitrogen and oxygen atoms in total. The van der Waals surface area contributed by atoms with Gasteiger partial charge in [-0.1, -0.05) is 0 Å². The summed E-state index contributed by atoms with van der Waals surface area (Å²) in [6, 6.07) is 3.53. The van der Waals surface area contributed by atoms with Gasteiger partial charge in [-0.2, -0.15) is 4.52 Å². The van der Waals surface area contributed by atoms with Crippen LogP contribution < -0.4 is 5.32 Å². The first kappa shape index (κ1) is 8.86. The first-order valence-corrected chi connectivity index (χ1v) is 4.30. The maximum atomic E-state index is 11.9. The average Bonchev–Trinajstić information content (AvgIpc) is 2.57. The zero-order valence-electron chi connectivity index (χ0n) is 7.74. The van der Waals surface area contributed by atoms with Crippen LogP contribution in [0.1, 0.15) is 5.82 Å². The summed E-state index contributed by atoms with van der Waals surface area (Å²) in [7, 11) is 0. The molecule has 0 saturated heterocycles. The highest BCUT2D eigenvalue weighted by Gasteiger charge is 2.02. The highest BCUT2D eigenvalue weighted by Crippen LogP contribution is 2.05. The summed E-state index contributed by atoms with van der Waals surface area (Å²) in [4.78, 5) is 0. The lowest BCUT2D eigenvalue weighted by Gasteiger charge is -2.02. The van der Waals surface area contributed by atoms with Crippen LogP contribution in [0.25, 0.3) is 5.65 Å². The minimum absolute atomic E-state index is 0.264. The van der Waals surface area contributed by atoms with E-state index in [0.717, 1.165) is 0 Å². The number of hydrogen-bond acceptors (Lipinski definition) is 4. The van der Waals surface area contributed by atoms with Gasteiger partial charge in [-0.3, -0.25) is 0 Å². The molecular weight excluding hydrogens is 185 g/mol. The first-order chi connectivity index (χ1) is 6.81. The van der Waals surface area contributed by atoms with Crippen LogP contribution in [-0.4, -0.2) is 33.0 Å². The Morgan fingerprint density at radius 1 is 1.43 bits per heavy atom. The van der Waals surface area contributed by atoms with Gasteiger partial charge in [-0.25, -0.2) is 4.39 Å². The lowest BCUT2D eigenvalue weighted by atomic mass is 10.5. The van der Waals surface area contributed by atoms with Crippen molar-refractivity contribution in [2.45, 2.75) is 6.92 Å². The quantitative estimate of drug-likeness (QED) is 0.787. The highest BCUT2D eigenvalue weighted by atomic mass is 19.1. The number of halogens is 1. The van der Waals surface area contributed by atoms with Crippen molar-refractivity contribution < 1.29 is 4.39 Å². The Morgan fingerprint density at radius 3 is 3.07 bits per heavy atom. The number of rotatable bonds is 3. The number of nitrogens with zero attached hydrogens (tertiary/aromatic N) is 4. The smallest absolute Gasteiger partial charge is 0.178 e. The van der Waals surface area contributed by atoms with E-state index in [4.69, 9.17) is 0 Å². The molecule has 74 valence electrons. The molecule has 14 heavy (non-hydrogen) atoms. The molecule has 0 saturated carbocycles. The van der Waals surface area contributed by atoms with Gasteiger partial charge in [0.25, 0.3) is 0 Å². The summed E-state index contributed by atoms with van der Waals surface area (Å²) >= 11 is 0. The highest BCUT2D eigenvalue weighted by molar-refractivity contribution is 5.43. The predicted molar refractivity (Wildman–Crippen MR) is 50.0 cm³/mol. The van der Waals surface area contributed by atoms with Gasteiger partial charge in [0.05, 0.1) is 0 Å². The van der Waals surface area contributed by atoms with E-state index in [1.807, 2.05) is 6.92 Å². The van der Waals surface area contributed by atoms with Gasteiger partial charge in [0, 0.05) is 6.54 Å². The van der Waals surface area contributed by atoms with Gasteiger partial charge in [0.15, 0.2) is 11.5 Å². The molecule has 2 aromatic rings. The van der Waals surface area contributed by atoms with Crippen molar-refractivity contribution in [2.75, 3.05) is 18.5 Å². The fraction of sp³-hybridized carbons (Fsp3) is 0.375. The number of aromatic nitrogens is 4. The monoisotopic (exact) mass is 195 g/mol. The SMILES string of the molecule is Cc1nnc2ccc(NCCF)nn12. The molecule has 0 fully saturated rings. The molecular formula is C8H10FN5. The minimum Gasteiger partial charge on any atom is -0.366 e. The van der Waals surface area contributed by atoms with E-state index >= 15 is 0 Å². The normalized spacial score (nSPS) is 10.7. The summed E-state index contributed by atoms with van der Waals surface area (Å²) in [5.41, 5.74) is 0.688. The average molecular weight is 195 g/mol. The third kappa shape index (κ3) is 1.50. The van der Waals surface area contributed by atoms with E-state index in [9.17, 15) is 4.39 Å². The molecule has 2 heterocycles. The van der Waals surface area contributed by atoms with Crippen molar-refractivity contribution in [2.24, 2.45) is 0 Å². The van der Waals surface area contributed by atoms with Gasteiger partial charge in [-0.15, -0.1) is 15.3 Å². The number of aryl methyl sites for hydroxylation is 1. The number of nitrogens with one attached hydrogen (secondary N) is 1. The summed E-state index contributed by atoms with van der Waals surface area (Å²) in [6.45, 7) is 1.66. The van der Waals surface area contributed by atoms with Crippen molar-refractivity contribution in [1.29, 1.82) is 0 Å². The van der Waals surface area contributed by atoms with E-state index in [2.05, 4.69) is 20.6 Å². The zero-order valence-corrected chi connectivity index (χ0v) is 7.74. The van der Waals surface area contributed by atoms with Crippen molar-refractivity contribution in [3.05, 3.63) is 18.0 Å². The third-order valence-corrected chi connectivity index (χ3v) is 1.82. The lowest BCUT2D eigenvalue weighted by molar-refractivity contribution is 0.512. The molecule has 2 aromatic heterocycles. The zero-order chi connectivity index (χ0) is 9.97. The molecule has 1 N–H and O–H groups in total. The molecule has 2 rings (SSSR count). The Bertz CT molecular complexity index is 438. The van der Waals surface area contributed by atoms with Gasteiger partial charge in [0.1, 0.15) is 12.5 Å². The summed E-state index contributed by atoms with van der Waals surface area (Å²) in [6.07, 6.45) is 0. The van der Waals surface area contributed by atoms with E-state index in [1.54, 1.807) is 16.6 Å².